The summed E-state index contributed by atoms with van der Waals surface area (Å²) in [5.41, 5.74) is 0. The molecular weight excluding hydrogens is 180 g/mol. The highest BCUT2D eigenvalue weighted by molar-refractivity contribution is 7.10. The Kier molecular flexibility index (Phi) is 5.05. The summed E-state index contributed by atoms with van der Waals surface area (Å²) in [6.07, 6.45) is 2.43. The number of thiophene rings is 1. The summed E-state index contributed by atoms with van der Waals surface area (Å²) in [5, 5.41) is 8.65. The predicted octanol–water partition coefficient (Wildman–Crippen LogP) is 2.01. The Hall–Kier alpha value is -0.380. The highest BCUT2D eigenvalue weighted by Gasteiger charge is 2.08. The molecule has 1 heterocycles. The molecule has 0 saturated carbocycles. The molecule has 1 aromatic heterocycles. The van der Waals surface area contributed by atoms with Crippen molar-refractivity contribution >= 4 is 11.3 Å². The topological polar surface area (TPSA) is 24.1 Å². The second-order valence-electron chi connectivity index (χ2n) is 3.10. The minimum absolute atomic E-state index is 0.536. The van der Waals surface area contributed by atoms with E-state index in [0.29, 0.717) is 6.04 Å². The lowest BCUT2D eigenvalue weighted by Crippen LogP contribution is -2.17. The zero-order valence-electron chi connectivity index (χ0n) is 8.34. The molecule has 2 nitrogen and oxygen atoms in total. The van der Waals surface area contributed by atoms with Gasteiger partial charge in [-0.1, -0.05) is 6.07 Å². The zero-order chi connectivity index (χ0) is 9.52. The lowest BCUT2D eigenvalue weighted by molar-refractivity contribution is 0.525. The minimum atomic E-state index is 0.536. The average molecular weight is 198 g/mol. The van der Waals surface area contributed by atoms with Gasteiger partial charge in [-0.3, -0.25) is 0 Å². The third kappa shape index (κ3) is 3.46. The van der Waals surface area contributed by atoms with E-state index in [1.54, 1.807) is 0 Å². The Morgan fingerprint density at radius 3 is 2.85 bits per heavy atom. The molecule has 1 aromatic rings. The Bertz CT molecular complexity index is 209. The van der Waals surface area contributed by atoms with E-state index >= 15 is 0 Å². The second-order valence-corrected chi connectivity index (χ2v) is 4.08. The molecule has 0 aliphatic rings. The van der Waals surface area contributed by atoms with Crippen molar-refractivity contribution in [3.8, 4) is 0 Å². The zero-order valence-corrected chi connectivity index (χ0v) is 9.16. The van der Waals surface area contributed by atoms with Crippen LogP contribution in [0.4, 0.5) is 0 Å². The molecule has 0 fully saturated rings. The number of hydrogen-bond acceptors (Lipinski definition) is 3. The quantitative estimate of drug-likeness (QED) is 0.683. The highest BCUT2D eigenvalue weighted by atomic mass is 32.1. The Balaban J connectivity index is 2.35. The van der Waals surface area contributed by atoms with Gasteiger partial charge in [-0.2, -0.15) is 0 Å². The van der Waals surface area contributed by atoms with Crippen molar-refractivity contribution < 1.29 is 0 Å². The van der Waals surface area contributed by atoms with E-state index in [9.17, 15) is 0 Å². The summed E-state index contributed by atoms with van der Waals surface area (Å²) >= 11 is 1.83. The fourth-order valence-electron chi connectivity index (χ4n) is 1.40. The standard InChI is InChI=1S/C10H18N2S/c1-11-7-3-5-9(12-2)10-6-4-8-13-10/h4,6,8-9,11-12H,3,5,7H2,1-2H3. The maximum absolute atomic E-state index is 3.35. The maximum Gasteiger partial charge on any atom is 0.0412 e. The van der Waals surface area contributed by atoms with Crippen LogP contribution < -0.4 is 10.6 Å². The molecule has 0 aromatic carbocycles. The van der Waals surface area contributed by atoms with Gasteiger partial charge in [-0.15, -0.1) is 11.3 Å². The van der Waals surface area contributed by atoms with Crippen LogP contribution in [0.3, 0.4) is 0 Å². The van der Waals surface area contributed by atoms with E-state index in [0.717, 1.165) is 6.54 Å². The molecule has 0 bridgehead atoms. The summed E-state index contributed by atoms with van der Waals surface area (Å²) in [6, 6.07) is 4.85. The van der Waals surface area contributed by atoms with Crippen LogP contribution >= 0.6 is 11.3 Å². The van der Waals surface area contributed by atoms with E-state index in [2.05, 4.69) is 28.1 Å². The van der Waals surface area contributed by atoms with E-state index in [-0.39, 0.29) is 0 Å². The highest BCUT2D eigenvalue weighted by Crippen LogP contribution is 2.22. The van der Waals surface area contributed by atoms with Gasteiger partial charge in [0.25, 0.3) is 0 Å². The molecule has 0 saturated heterocycles. The predicted molar refractivity (Wildman–Crippen MR) is 59.3 cm³/mol. The lowest BCUT2D eigenvalue weighted by atomic mass is 10.1. The second kappa shape index (κ2) is 6.13. The van der Waals surface area contributed by atoms with Crippen molar-refractivity contribution in [3.05, 3.63) is 22.4 Å². The minimum Gasteiger partial charge on any atom is -0.320 e. The molecule has 0 aliphatic heterocycles. The lowest BCUT2D eigenvalue weighted by Gasteiger charge is -2.13. The summed E-state index contributed by atoms with van der Waals surface area (Å²) in [4.78, 5) is 1.44. The van der Waals surface area contributed by atoms with Gasteiger partial charge >= 0.3 is 0 Å². The third-order valence-corrected chi connectivity index (χ3v) is 3.14. The van der Waals surface area contributed by atoms with Crippen LogP contribution in [0.2, 0.25) is 0 Å². The number of rotatable bonds is 6. The van der Waals surface area contributed by atoms with Crippen LogP contribution in [0.15, 0.2) is 17.5 Å². The Labute approximate surface area is 84.4 Å². The molecule has 2 N–H and O–H groups in total. The van der Waals surface area contributed by atoms with Gasteiger partial charge < -0.3 is 10.6 Å². The monoisotopic (exact) mass is 198 g/mol. The fourth-order valence-corrected chi connectivity index (χ4v) is 2.27. The smallest absolute Gasteiger partial charge is 0.0412 e. The van der Waals surface area contributed by atoms with Gasteiger partial charge in [-0.25, -0.2) is 0 Å². The van der Waals surface area contributed by atoms with Crippen LogP contribution in [-0.2, 0) is 0 Å². The van der Waals surface area contributed by atoms with E-state index < -0.39 is 0 Å². The van der Waals surface area contributed by atoms with Crippen molar-refractivity contribution in [1.82, 2.24) is 10.6 Å². The van der Waals surface area contributed by atoms with Crippen LogP contribution in [0, 0.1) is 0 Å². The molecule has 3 heteroatoms. The number of nitrogens with one attached hydrogen (secondary N) is 2. The average Bonchev–Trinajstić information content (AvgIpc) is 2.65. The molecule has 0 aliphatic carbocycles. The summed E-state index contributed by atoms with van der Waals surface area (Å²) in [7, 11) is 4.03. The fraction of sp³-hybridized carbons (Fsp3) is 0.600. The molecule has 1 rings (SSSR count). The van der Waals surface area contributed by atoms with Gasteiger partial charge in [0.15, 0.2) is 0 Å². The third-order valence-electron chi connectivity index (χ3n) is 2.15. The molecule has 1 atom stereocenters. The Morgan fingerprint density at radius 2 is 2.31 bits per heavy atom. The number of hydrogen-bond donors (Lipinski definition) is 2. The SMILES string of the molecule is CNCCCC(NC)c1cccs1. The molecular formula is C10H18N2S. The van der Waals surface area contributed by atoms with Crippen molar-refractivity contribution in [2.45, 2.75) is 18.9 Å². The first kappa shape index (κ1) is 10.7. The van der Waals surface area contributed by atoms with Crippen molar-refractivity contribution in [2.24, 2.45) is 0 Å². The normalized spacial score (nSPS) is 13.1. The van der Waals surface area contributed by atoms with Crippen molar-refractivity contribution in [1.29, 1.82) is 0 Å². The molecule has 0 amide bonds. The van der Waals surface area contributed by atoms with Gasteiger partial charge in [0.05, 0.1) is 0 Å². The summed E-state index contributed by atoms with van der Waals surface area (Å²) in [5.74, 6) is 0. The van der Waals surface area contributed by atoms with Gasteiger partial charge in [-0.05, 0) is 44.9 Å². The molecule has 74 valence electrons. The van der Waals surface area contributed by atoms with Crippen LogP contribution in [0.5, 0.6) is 0 Å². The first-order valence-electron chi connectivity index (χ1n) is 4.73. The largest absolute Gasteiger partial charge is 0.320 e. The van der Waals surface area contributed by atoms with E-state index in [1.807, 2.05) is 25.4 Å². The Morgan fingerprint density at radius 1 is 1.46 bits per heavy atom. The maximum atomic E-state index is 3.35. The molecule has 1 unspecified atom stereocenters. The van der Waals surface area contributed by atoms with Crippen LogP contribution in [0.1, 0.15) is 23.8 Å². The van der Waals surface area contributed by atoms with Crippen LogP contribution in [0.25, 0.3) is 0 Å². The van der Waals surface area contributed by atoms with E-state index in [1.165, 1.54) is 17.7 Å². The summed E-state index contributed by atoms with van der Waals surface area (Å²) in [6.45, 7) is 1.10. The molecule has 0 spiro atoms. The molecule has 0 radical (unpaired) electrons. The van der Waals surface area contributed by atoms with Gasteiger partial charge in [0.2, 0.25) is 0 Å². The van der Waals surface area contributed by atoms with E-state index in [4.69, 9.17) is 0 Å². The first-order chi connectivity index (χ1) is 6.38. The first-order valence-corrected chi connectivity index (χ1v) is 5.61. The van der Waals surface area contributed by atoms with Gasteiger partial charge in [0.1, 0.15) is 0 Å². The van der Waals surface area contributed by atoms with Gasteiger partial charge in [0, 0.05) is 10.9 Å². The van der Waals surface area contributed by atoms with Crippen molar-refractivity contribution in [2.75, 3.05) is 20.6 Å². The molecule has 13 heavy (non-hydrogen) atoms. The summed E-state index contributed by atoms with van der Waals surface area (Å²) < 4.78 is 0. The van der Waals surface area contributed by atoms with Crippen LogP contribution in [-0.4, -0.2) is 20.6 Å². The van der Waals surface area contributed by atoms with Crippen molar-refractivity contribution in [3.63, 3.8) is 0 Å².